The number of carbonyl (C=O) groups excluding carboxylic acids is 1. The summed E-state index contributed by atoms with van der Waals surface area (Å²) < 4.78 is 1.83. The Labute approximate surface area is 172 Å². The molecular weight excluding hydrogens is 364 g/mol. The molecular formula is C22H28N6O. The maximum atomic E-state index is 12.5. The zero-order chi connectivity index (χ0) is 20.1. The Bertz CT molecular complexity index is 850. The van der Waals surface area contributed by atoms with Crippen molar-refractivity contribution in [1.82, 2.24) is 19.4 Å². The minimum atomic E-state index is 0.188. The predicted octanol–water partition coefficient (Wildman–Crippen LogP) is 2.70. The molecule has 0 saturated carbocycles. The van der Waals surface area contributed by atoms with Crippen LogP contribution < -0.4 is 4.90 Å². The van der Waals surface area contributed by atoms with E-state index in [2.05, 4.69) is 20.9 Å². The fourth-order valence-corrected chi connectivity index (χ4v) is 4.80. The average Bonchev–Trinajstić information content (AvgIpc) is 3.15. The second-order valence-electron chi connectivity index (χ2n) is 8.12. The Hall–Kier alpha value is -2.88. The topological polar surface area (TPSA) is 78.0 Å². The van der Waals surface area contributed by atoms with Crippen LogP contribution in [-0.2, 0) is 11.3 Å². The molecule has 0 aliphatic carbocycles. The van der Waals surface area contributed by atoms with Gasteiger partial charge in [0.1, 0.15) is 18.4 Å². The van der Waals surface area contributed by atoms with Gasteiger partial charge in [0.2, 0.25) is 5.91 Å². The van der Waals surface area contributed by atoms with E-state index in [4.69, 9.17) is 0 Å². The van der Waals surface area contributed by atoms with E-state index in [1.807, 2.05) is 27.8 Å². The monoisotopic (exact) mass is 392 g/mol. The van der Waals surface area contributed by atoms with E-state index >= 15 is 0 Å². The summed E-state index contributed by atoms with van der Waals surface area (Å²) in [6, 6.07) is 5.94. The summed E-state index contributed by atoms with van der Waals surface area (Å²) in [6.45, 7) is 4.02. The van der Waals surface area contributed by atoms with Crippen molar-refractivity contribution in [3.63, 3.8) is 0 Å². The Morgan fingerprint density at radius 1 is 1.10 bits per heavy atom. The highest BCUT2D eigenvalue weighted by molar-refractivity contribution is 5.76. The van der Waals surface area contributed by atoms with Crippen LogP contribution in [-0.4, -0.2) is 51.5 Å². The standard InChI is InChI=1S/C22H28N6O/c23-15-20-3-1-8-25-22(20)28-10-2-4-18(7-13-28)19-5-11-27(12-6-19)21(29)16-26-14-9-24-17-26/h1,3,8-9,14,17-19H,2,4-7,10-13,16H2. The van der Waals surface area contributed by atoms with E-state index in [0.717, 1.165) is 57.7 Å². The van der Waals surface area contributed by atoms with Crippen LogP contribution in [0.15, 0.2) is 37.1 Å². The SMILES string of the molecule is N#Cc1cccnc1N1CCCC(C2CCN(C(=O)Cn3ccnc3)CC2)CC1. The summed E-state index contributed by atoms with van der Waals surface area (Å²) in [6.07, 6.45) is 12.7. The molecule has 2 saturated heterocycles. The lowest BCUT2D eigenvalue weighted by Crippen LogP contribution is -2.41. The molecule has 0 bridgehead atoms. The third-order valence-electron chi connectivity index (χ3n) is 6.42. The summed E-state index contributed by atoms with van der Waals surface area (Å²) in [4.78, 5) is 25.3. The number of hydrogen-bond acceptors (Lipinski definition) is 5. The van der Waals surface area contributed by atoms with Gasteiger partial charge in [-0.1, -0.05) is 0 Å². The Balaban J connectivity index is 1.29. The number of nitriles is 1. The van der Waals surface area contributed by atoms with Gasteiger partial charge in [-0.15, -0.1) is 0 Å². The first-order valence-electron chi connectivity index (χ1n) is 10.6. The first-order chi connectivity index (χ1) is 14.2. The molecule has 2 fully saturated rings. The molecule has 29 heavy (non-hydrogen) atoms. The number of hydrogen-bond donors (Lipinski definition) is 0. The van der Waals surface area contributed by atoms with Crippen molar-refractivity contribution < 1.29 is 4.79 Å². The van der Waals surface area contributed by atoms with Crippen molar-refractivity contribution in [2.45, 2.75) is 38.6 Å². The highest BCUT2D eigenvalue weighted by Crippen LogP contribution is 2.33. The van der Waals surface area contributed by atoms with Crippen LogP contribution in [0.5, 0.6) is 0 Å². The Morgan fingerprint density at radius 2 is 1.90 bits per heavy atom. The van der Waals surface area contributed by atoms with E-state index in [9.17, 15) is 10.1 Å². The van der Waals surface area contributed by atoms with Gasteiger partial charge in [0.25, 0.3) is 0 Å². The van der Waals surface area contributed by atoms with Gasteiger partial charge in [-0.2, -0.15) is 5.26 Å². The molecule has 2 aromatic rings. The molecule has 4 rings (SSSR count). The van der Waals surface area contributed by atoms with Gasteiger partial charge in [0.15, 0.2) is 0 Å². The molecule has 1 atom stereocenters. The van der Waals surface area contributed by atoms with Crippen molar-refractivity contribution in [3.8, 4) is 6.07 Å². The maximum absolute atomic E-state index is 12.5. The van der Waals surface area contributed by atoms with Gasteiger partial charge >= 0.3 is 0 Å². The highest BCUT2D eigenvalue weighted by atomic mass is 16.2. The number of anilines is 1. The number of imidazole rings is 1. The van der Waals surface area contributed by atoms with E-state index in [1.54, 1.807) is 18.7 Å². The molecule has 0 spiro atoms. The summed E-state index contributed by atoms with van der Waals surface area (Å²) in [5, 5.41) is 9.37. The molecule has 0 radical (unpaired) electrons. The summed E-state index contributed by atoms with van der Waals surface area (Å²) in [5.41, 5.74) is 0.663. The van der Waals surface area contributed by atoms with E-state index < -0.39 is 0 Å². The van der Waals surface area contributed by atoms with Crippen LogP contribution >= 0.6 is 0 Å². The zero-order valence-electron chi connectivity index (χ0n) is 16.8. The van der Waals surface area contributed by atoms with Crippen LogP contribution in [0.4, 0.5) is 5.82 Å². The van der Waals surface area contributed by atoms with Crippen molar-refractivity contribution in [3.05, 3.63) is 42.6 Å². The van der Waals surface area contributed by atoms with Crippen LogP contribution in [0.1, 0.15) is 37.7 Å². The molecule has 2 aromatic heterocycles. The quantitative estimate of drug-likeness (QED) is 0.799. The average molecular weight is 393 g/mol. The molecule has 4 heterocycles. The zero-order valence-corrected chi connectivity index (χ0v) is 16.8. The van der Waals surface area contributed by atoms with Crippen LogP contribution in [0, 0.1) is 23.2 Å². The number of carbonyl (C=O) groups is 1. The number of rotatable bonds is 4. The smallest absolute Gasteiger partial charge is 0.242 e. The van der Waals surface area contributed by atoms with E-state index in [1.165, 1.54) is 6.42 Å². The van der Waals surface area contributed by atoms with Crippen LogP contribution in [0.2, 0.25) is 0 Å². The number of aromatic nitrogens is 3. The van der Waals surface area contributed by atoms with Crippen molar-refractivity contribution in [2.24, 2.45) is 11.8 Å². The van der Waals surface area contributed by atoms with Crippen molar-refractivity contribution >= 4 is 11.7 Å². The first-order valence-corrected chi connectivity index (χ1v) is 10.6. The van der Waals surface area contributed by atoms with Gasteiger partial charge in [0, 0.05) is 44.8 Å². The minimum Gasteiger partial charge on any atom is -0.356 e. The fraction of sp³-hybridized carbons (Fsp3) is 0.545. The number of nitrogens with zero attached hydrogens (tertiary/aromatic N) is 6. The van der Waals surface area contributed by atoms with Crippen LogP contribution in [0.25, 0.3) is 0 Å². The van der Waals surface area contributed by atoms with Crippen molar-refractivity contribution in [1.29, 1.82) is 5.26 Å². The van der Waals surface area contributed by atoms with Gasteiger partial charge < -0.3 is 14.4 Å². The van der Waals surface area contributed by atoms with Gasteiger partial charge in [-0.3, -0.25) is 4.79 Å². The molecule has 152 valence electrons. The molecule has 0 N–H and O–H groups in total. The third kappa shape index (κ3) is 4.58. The minimum absolute atomic E-state index is 0.188. The van der Waals surface area contributed by atoms with Gasteiger partial charge in [-0.05, 0) is 56.1 Å². The molecule has 1 unspecified atom stereocenters. The van der Waals surface area contributed by atoms with E-state index in [0.29, 0.717) is 23.9 Å². The molecule has 1 amide bonds. The largest absolute Gasteiger partial charge is 0.356 e. The molecule has 2 aliphatic rings. The van der Waals surface area contributed by atoms with Gasteiger partial charge in [0.05, 0.1) is 11.9 Å². The molecule has 7 nitrogen and oxygen atoms in total. The first kappa shape index (κ1) is 19.4. The Kier molecular flexibility index (Phi) is 6.09. The number of amides is 1. The second kappa shape index (κ2) is 9.08. The molecule has 7 heteroatoms. The van der Waals surface area contributed by atoms with Crippen molar-refractivity contribution in [2.75, 3.05) is 31.1 Å². The maximum Gasteiger partial charge on any atom is 0.242 e. The lowest BCUT2D eigenvalue weighted by Gasteiger charge is -2.36. The molecule has 0 aromatic carbocycles. The second-order valence-corrected chi connectivity index (χ2v) is 8.12. The van der Waals surface area contributed by atoms with Crippen LogP contribution in [0.3, 0.4) is 0 Å². The Morgan fingerprint density at radius 3 is 2.66 bits per heavy atom. The lowest BCUT2D eigenvalue weighted by molar-refractivity contribution is -0.133. The lowest BCUT2D eigenvalue weighted by atomic mass is 9.80. The fourth-order valence-electron chi connectivity index (χ4n) is 4.80. The van der Waals surface area contributed by atoms with Gasteiger partial charge in [-0.25, -0.2) is 9.97 Å². The summed E-state index contributed by atoms with van der Waals surface area (Å²) in [5.74, 6) is 2.40. The third-order valence-corrected chi connectivity index (χ3v) is 6.42. The molecule has 2 aliphatic heterocycles. The summed E-state index contributed by atoms with van der Waals surface area (Å²) >= 11 is 0. The van der Waals surface area contributed by atoms with E-state index in [-0.39, 0.29) is 5.91 Å². The highest BCUT2D eigenvalue weighted by Gasteiger charge is 2.30. The number of piperidine rings is 1. The number of pyridine rings is 1. The predicted molar refractivity (Wildman–Crippen MR) is 110 cm³/mol. The summed E-state index contributed by atoms with van der Waals surface area (Å²) in [7, 11) is 0. The number of likely N-dealkylation sites (tertiary alicyclic amines) is 1. The normalized spacial score (nSPS) is 20.9.